The summed E-state index contributed by atoms with van der Waals surface area (Å²) in [6.07, 6.45) is 0. The molecule has 0 aromatic heterocycles. The summed E-state index contributed by atoms with van der Waals surface area (Å²) < 4.78 is 1.06. The third-order valence-corrected chi connectivity index (χ3v) is 1.97. The molecule has 68 valence electrons. The van der Waals surface area contributed by atoms with Crippen molar-refractivity contribution in [2.75, 3.05) is 0 Å². The van der Waals surface area contributed by atoms with Crippen molar-refractivity contribution >= 4 is 27.5 Å². The van der Waals surface area contributed by atoms with Crippen molar-refractivity contribution in [3.8, 4) is 11.8 Å². The molecular weight excluding hydrogens is 247 g/mol. The quantitative estimate of drug-likeness (QED) is 0.490. The number of rotatable bonds is 0. The monoisotopic (exact) mass is 256 g/mol. The van der Waals surface area contributed by atoms with Crippen molar-refractivity contribution in [1.82, 2.24) is 0 Å². The molecule has 13 heavy (non-hydrogen) atoms. The van der Waals surface area contributed by atoms with Crippen LogP contribution in [0.4, 0.5) is 0 Å². The van der Waals surface area contributed by atoms with Crippen LogP contribution in [-0.4, -0.2) is 4.87 Å². The second kappa shape index (κ2) is 4.17. The van der Waals surface area contributed by atoms with Gasteiger partial charge in [-0.25, -0.2) is 0 Å². The zero-order valence-electron chi connectivity index (χ0n) is 7.57. The maximum Gasteiger partial charge on any atom is 0.0997 e. The van der Waals surface area contributed by atoms with Gasteiger partial charge >= 0.3 is 0 Å². The average Bonchev–Trinajstić information content (AvgIpc) is 2.02. The van der Waals surface area contributed by atoms with E-state index in [9.17, 15) is 0 Å². The van der Waals surface area contributed by atoms with Gasteiger partial charge in [-0.1, -0.05) is 27.8 Å². The number of hydrogen-bond acceptors (Lipinski definition) is 0. The Morgan fingerprint density at radius 3 is 2.23 bits per heavy atom. The Morgan fingerprint density at radius 1 is 1.23 bits per heavy atom. The molecule has 0 fully saturated rings. The van der Waals surface area contributed by atoms with E-state index in [0.717, 1.165) is 10.0 Å². The van der Waals surface area contributed by atoms with E-state index in [0.29, 0.717) is 0 Å². The van der Waals surface area contributed by atoms with E-state index < -0.39 is 4.87 Å². The first-order valence-electron chi connectivity index (χ1n) is 3.95. The summed E-state index contributed by atoms with van der Waals surface area (Å²) in [5.41, 5.74) is 0.983. The second-order valence-corrected chi connectivity index (χ2v) is 5.09. The van der Waals surface area contributed by atoms with Crippen molar-refractivity contribution in [2.24, 2.45) is 0 Å². The van der Waals surface area contributed by atoms with E-state index in [4.69, 9.17) is 11.6 Å². The van der Waals surface area contributed by atoms with E-state index in [1.54, 1.807) is 0 Å². The summed E-state index contributed by atoms with van der Waals surface area (Å²) >= 11 is 9.29. The van der Waals surface area contributed by atoms with Crippen LogP contribution in [0.1, 0.15) is 19.4 Å². The average molecular weight is 258 g/mol. The predicted molar refractivity (Wildman–Crippen MR) is 61.0 cm³/mol. The molecule has 0 saturated carbocycles. The first kappa shape index (κ1) is 10.6. The van der Waals surface area contributed by atoms with Crippen molar-refractivity contribution in [3.05, 3.63) is 34.3 Å². The summed E-state index contributed by atoms with van der Waals surface area (Å²) in [5, 5.41) is 0. The highest BCUT2D eigenvalue weighted by molar-refractivity contribution is 9.10. The molecule has 0 unspecified atom stereocenters. The van der Waals surface area contributed by atoms with Crippen LogP contribution in [0.25, 0.3) is 0 Å². The maximum atomic E-state index is 5.93. The SMILES string of the molecule is CC(C)(Cl)C#Cc1ccc(Br)cc1. The van der Waals surface area contributed by atoms with E-state index in [1.165, 1.54) is 0 Å². The highest BCUT2D eigenvalue weighted by Gasteiger charge is 2.06. The lowest BCUT2D eigenvalue weighted by Gasteiger charge is -2.03. The zero-order valence-corrected chi connectivity index (χ0v) is 9.91. The van der Waals surface area contributed by atoms with Crippen molar-refractivity contribution < 1.29 is 0 Å². The summed E-state index contributed by atoms with van der Waals surface area (Å²) in [4.78, 5) is -0.451. The van der Waals surface area contributed by atoms with Crippen molar-refractivity contribution in [2.45, 2.75) is 18.7 Å². The molecule has 0 atom stereocenters. The molecular formula is C11H10BrCl. The molecule has 0 nitrogen and oxygen atoms in total. The van der Waals surface area contributed by atoms with Crippen LogP contribution in [0.3, 0.4) is 0 Å². The Balaban J connectivity index is 2.85. The first-order chi connectivity index (χ1) is 5.97. The van der Waals surface area contributed by atoms with Crippen LogP contribution in [0, 0.1) is 11.8 Å². The zero-order chi connectivity index (χ0) is 9.90. The number of halogens is 2. The minimum Gasteiger partial charge on any atom is -0.106 e. The molecule has 0 spiro atoms. The predicted octanol–water partition coefficient (Wildman–Crippen LogP) is 3.82. The second-order valence-electron chi connectivity index (χ2n) is 3.23. The molecule has 0 amide bonds. The van der Waals surface area contributed by atoms with Crippen LogP contribution in [0.2, 0.25) is 0 Å². The van der Waals surface area contributed by atoms with Crippen molar-refractivity contribution in [1.29, 1.82) is 0 Å². The fraction of sp³-hybridized carbons (Fsp3) is 0.273. The van der Waals surface area contributed by atoms with Gasteiger partial charge in [0.25, 0.3) is 0 Å². The van der Waals surface area contributed by atoms with Crippen LogP contribution in [0.15, 0.2) is 28.7 Å². The van der Waals surface area contributed by atoms with E-state index in [-0.39, 0.29) is 0 Å². The summed E-state index contributed by atoms with van der Waals surface area (Å²) in [6.45, 7) is 3.75. The molecule has 1 aromatic rings. The van der Waals surface area contributed by atoms with Gasteiger partial charge in [0.1, 0.15) is 0 Å². The Morgan fingerprint density at radius 2 is 1.77 bits per heavy atom. The van der Waals surface area contributed by atoms with E-state index >= 15 is 0 Å². The van der Waals surface area contributed by atoms with Gasteiger partial charge in [0.2, 0.25) is 0 Å². The molecule has 1 aromatic carbocycles. The minimum absolute atomic E-state index is 0.451. The van der Waals surface area contributed by atoms with Crippen molar-refractivity contribution in [3.63, 3.8) is 0 Å². The van der Waals surface area contributed by atoms with E-state index in [1.807, 2.05) is 38.1 Å². The van der Waals surface area contributed by atoms with Gasteiger partial charge < -0.3 is 0 Å². The third kappa shape index (κ3) is 4.36. The molecule has 0 radical (unpaired) electrons. The molecule has 0 saturated heterocycles. The highest BCUT2D eigenvalue weighted by atomic mass is 79.9. The fourth-order valence-electron chi connectivity index (χ4n) is 0.754. The van der Waals surface area contributed by atoms with Gasteiger partial charge in [0.05, 0.1) is 4.87 Å². The summed E-state index contributed by atoms with van der Waals surface area (Å²) in [7, 11) is 0. The van der Waals surface area contributed by atoms with Gasteiger partial charge in [-0.3, -0.25) is 0 Å². The molecule has 0 aliphatic rings. The maximum absolute atomic E-state index is 5.93. The number of hydrogen-bond donors (Lipinski definition) is 0. The first-order valence-corrected chi connectivity index (χ1v) is 5.12. The van der Waals surface area contributed by atoms with E-state index in [2.05, 4.69) is 27.8 Å². The Bertz CT molecular complexity index is 335. The van der Waals surface area contributed by atoms with Gasteiger partial charge in [0, 0.05) is 10.0 Å². The van der Waals surface area contributed by atoms with Gasteiger partial charge in [-0.15, -0.1) is 11.6 Å². The standard InChI is InChI=1S/C11H10BrCl/c1-11(2,13)8-7-9-3-5-10(12)6-4-9/h3-6H,1-2H3. The lowest BCUT2D eigenvalue weighted by molar-refractivity contribution is 0.917. The molecule has 0 N–H and O–H groups in total. The smallest absolute Gasteiger partial charge is 0.0997 e. The lowest BCUT2D eigenvalue weighted by atomic mass is 10.2. The molecule has 1 rings (SSSR count). The van der Waals surface area contributed by atoms with Gasteiger partial charge in [-0.05, 0) is 38.1 Å². The summed E-state index contributed by atoms with van der Waals surface area (Å²) in [6, 6.07) is 7.84. The largest absolute Gasteiger partial charge is 0.106 e. The number of alkyl halides is 1. The van der Waals surface area contributed by atoms with Crippen LogP contribution < -0.4 is 0 Å². The van der Waals surface area contributed by atoms with Crippen LogP contribution in [-0.2, 0) is 0 Å². The molecule has 0 aliphatic carbocycles. The Kier molecular flexibility index (Phi) is 3.41. The Labute approximate surface area is 92.4 Å². The minimum atomic E-state index is -0.451. The molecule has 0 bridgehead atoms. The van der Waals surface area contributed by atoms with Gasteiger partial charge in [0.15, 0.2) is 0 Å². The van der Waals surface area contributed by atoms with Crippen LogP contribution >= 0.6 is 27.5 Å². The molecule has 0 aliphatic heterocycles. The molecule has 0 heterocycles. The van der Waals surface area contributed by atoms with Gasteiger partial charge in [-0.2, -0.15) is 0 Å². The fourth-order valence-corrected chi connectivity index (χ4v) is 1.07. The summed E-state index contributed by atoms with van der Waals surface area (Å²) in [5.74, 6) is 5.97. The normalized spacial score (nSPS) is 10.5. The lowest BCUT2D eigenvalue weighted by Crippen LogP contribution is -2.04. The third-order valence-electron chi connectivity index (χ3n) is 1.35. The number of benzene rings is 1. The molecule has 2 heteroatoms. The Hall–Kier alpha value is -0.450. The highest BCUT2D eigenvalue weighted by Crippen LogP contribution is 2.12. The van der Waals surface area contributed by atoms with Crippen LogP contribution in [0.5, 0.6) is 0 Å². The topological polar surface area (TPSA) is 0 Å².